The zero-order chi connectivity index (χ0) is 16.7. The molecule has 0 aliphatic carbocycles. The summed E-state index contributed by atoms with van der Waals surface area (Å²) in [7, 11) is 0. The molecular formula is C18H18BrNO3. The van der Waals surface area contributed by atoms with E-state index in [0.29, 0.717) is 5.69 Å². The van der Waals surface area contributed by atoms with Gasteiger partial charge < -0.3 is 10.1 Å². The lowest BCUT2D eigenvalue weighted by molar-refractivity contribution is -0.146. The van der Waals surface area contributed by atoms with E-state index in [1.54, 1.807) is 6.07 Å². The Labute approximate surface area is 144 Å². The van der Waals surface area contributed by atoms with Crippen LogP contribution in [0.4, 0.5) is 5.69 Å². The normalized spacial score (nSPS) is 10.2. The van der Waals surface area contributed by atoms with E-state index in [9.17, 15) is 9.59 Å². The van der Waals surface area contributed by atoms with Crippen LogP contribution in [0.15, 0.2) is 53.0 Å². The topological polar surface area (TPSA) is 55.4 Å². The van der Waals surface area contributed by atoms with Crippen LogP contribution in [-0.2, 0) is 27.2 Å². The average molecular weight is 376 g/mol. The van der Waals surface area contributed by atoms with Crippen LogP contribution >= 0.6 is 15.9 Å². The molecule has 4 nitrogen and oxygen atoms in total. The van der Waals surface area contributed by atoms with Crippen LogP contribution < -0.4 is 5.32 Å². The predicted octanol–water partition coefficient (Wildman–Crippen LogP) is 3.74. The summed E-state index contributed by atoms with van der Waals surface area (Å²) in [6.07, 6.45) is 1.04. The van der Waals surface area contributed by atoms with Crippen molar-refractivity contribution in [3.63, 3.8) is 0 Å². The first kappa shape index (κ1) is 17.2. The largest absolute Gasteiger partial charge is 0.455 e. The molecule has 23 heavy (non-hydrogen) atoms. The lowest BCUT2D eigenvalue weighted by atomic mass is 10.1. The Bertz CT molecular complexity index is 683. The Balaban J connectivity index is 1.79. The molecule has 1 N–H and O–H groups in total. The first-order chi connectivity index (χ1) is 11.1. The van der Waals surface area contributed by atoms with Gasteiger partial charge in [0.05, 0.1) is 6.42 Å². The van der Waals surface area contributed by atoms with Crippen molar-refractivity contribution in [2.45, 2.75) is 19.8 Å². The van der Waals surface area contributed by atoms with Crippen LogP contribution in [0.25, 0.3) is 0 Å². The Morgan fingerprint density at radius 2 is 1.83 bits per heavy atom. The van der Waals surface area contributed by atoms with Gasteiger partial charge in [-0.05, 0) is 41.8 Å². The number of halogens is 1. The standard InChI is InChI=1S/C18H18BrNO3/c1-2-13-4-3-5-16(10-13)20-17(21)12-23-18(22)11-14-6-8-15(19)9-7-14/h3-10H,2,11-12H2,1H3,(H,20,21). The third kappa shape index (κ3) is 5.87. The molecule has 120 valence electrons. The second-order valence-corrected chi connectivity index (χ2v) is 5.98. The summed E-state index contributed by atoms with van der Waals surface area (Å²) < 4.78 is 5.95. The molecule has 0 unspecified atom stereocenters. The number of hydrogen-bond donors (Lipinski definition) is 1. The van der Waals surface area contributed by atoms with Crippen molar-refractivity contribution in [2.75, 3.05) is 11.9 Å². The van der Waals surface area contributed by atoms with Crippen molar-refractivity contribution < 1.29 is 14.3 Å². The fourth-order valence-corrected chi connectivity index (χ4v) is 2.30. The smallest absolute Gasteiger partial charge is 0.310 e. The number of hydrogen-bond acceptors (Lipinski definition) is 3. The Morgan fingerprint density at radius 3 is 2.52 bits per heavy atom. The number of nitrogens with one attached hydrogen (secondary N) is 1. The highest BCUT2D eigenvalue weighted by Gasteiger charge is 2.09. The molecule has 0 bridgehead atoms. The molecule has 2 rings (SSSR count). The second kappa shape index (κ2) is 8.48. The molecule has 0 saturated carbocycles. The molecule has 0 aromatic heterocycles. The monoisotopic (exact) mass is 375 g/mol. The summed E-state index contributed by atoms with van der Waals surface area (Å²) in [6.45, 7) is 1.76. The minimum atomic E-state index is -0.426. The summed E-state index contributed by atoms with van der Waals surface area (Å²) in [4.78, 5) is 23.6. The molecule has 0 heterocycles. The van der Waals surface area contributed by atoms with E-state index in [1.807, 2.05) is 49.4 Å². The Morgan fingerprint density at radius 1 is 1.09 bits per heavy atom. The summed E-state index contributed by atoms with van der Waals surface area (Å²) in [5.74, 6) is -0.771. The number of carbonyl (C=O) groups excluding carboxylic acids is 2. The van der Waals surface area contributed by atoms with Gasteiger partial charge in [-0.3, -0.25) is 9.59 Å². The zero-order valence-corrected chi connectivity index (χ0v) is 14.4. The number of carbonyl (C=O) groups is 2. The lowest BCUT2D eigenvalue weighted by Crippen LogP contribution is -2.21. The molecule has 5 heteroatoms. The highest BCUT2D eigenvalue weighted by atomic mass is 79.9. The van der Waals surface area contributed by atoms with Crippen molar-refractivity contribution in [2.24, 2.45) is 0 Å². The van der Waals surface area contributed by atoms with Crippen molar-refractivity contribution in [3.8, 4) is 0 Å². The van der Waals surface area contributed by atoms with Gasteiger partial charge in [0, 0.05) is 10.2 Å². The van der Waals surface area contributed by atoms with E-state index in [-0.39, 0.29) is 18.9 Å². The van der Waals surface area contributed by atoms with Gasteiger partial charge in [0.1, 0.15) is 0 Å². The van der Waals surface area contributed by atoms with E-state index in [0.717, 1.165) is 22.0 Å². The Hall–Kier alpha value is -2.14. The van der Waals surface area contributed by atoms with Crippen LogP contribution in [0.1, 0.15) is 18.1 Å². The highest BCUT2D eigenvalue weighted by Crippen LogP contribution is 2.12. The second-order valence-electron chi connectivity index (χ2n) is 5.07. The fraction of sp³-hybridized carbons (Fsp3) is 0.222. The maximum Gasteiger partial charge on any atom is 0.310 e. The van der Waals surface area contributed by atoms with Gasteiger partial charge in [-0.15, -0.1) is 0 Å². The third-order valence-electron chi connectivity index (χ3n) is 3.24. The van der Waals surface area contributed by atoms with Crippen molar-refractivity contribution >= 4 is 33.5 Å². The number of rotatable bonds is 6. The van der Waals surface area contributed by atoms with E-state index in [1.165, 1.54) is 0 Å². The third-order valence-corrected chi connectivity index (χ3v) is 3.77. The molecule has 0 saturated heterocycles. The fourth-order valence-electron chi connectivity index (χ4n) is 2.03. The summed E-state index contributed by atoms with van der Waals surface area (Å²) in [6, 6.07) is 15.0. The van der Waals surface area contributed by atoms with Gasteiger partial charge >= 0.3 is 5.97 Å². The molecule has 0 radical (unpaired) electrons. The van der Waals surface area contributed by atoms with Crippen LogP contribution in [0.3, 0.4) is 0 Å². The van der Waals surface area contributed by atoms with Crippen molar-refractivity contribution in [1.29, 1.82) is 0 Å². The number of esters is 1. The first-order valence-corrected chi connectivity index (χ1v) is 8.15. The molecule has 0 atom stereocenters. The SMILES string of the molecule is CCc1cccc(NC(=O)COC(=O)Cc2ccc(Br)cc2)c1. The minimum Gasteiger partial charge on any atom is -0.455 e. The molecule has 1 amide bonds. The number of anilines is 1. The maximum atomic E-state index is 11.8. The van der Waals surface area contributed by atoms with Gasteiger partial charge in [-0.25, -0.2) is 0 Å². The summed E-state index contributed by atoms with van der Waals surface area (Å²) >= 11 is 3.33. The lowest BCUT2D eigenvalue weighted by Gasteiger charge is -2.08. The van der Waals surface area contributed by atoms with Crippen molar-refractivity contribution in [1.82, 2.24) is 0 Å². The van der Waals surface area contributed by atoms with Gasteiger partial charge in [0.25, 0.3) is 5.91 Å². The van der Waals surface area contributed by atoms with Gasteiger partial charge in [-0.2, -0.15) is 0 Å². The quantitative estimate of drug-likeness (QED) is 0.782. The van der Waals surface area contributed by atoms with E-state index in [4.69, 9.17) is 4.74 Å². The number of aryl methyl sites for hydroxylation is 1. The zero-order valence-electron chi connectivity index (χ0n) is 12.8. The van der Waals surface area contributed by atoms with E-state index < -0.39 is 5.97 Å². The predicted molar refractivity (Wildman–Crippen MR) is 93.3 cm³/mol. The molecule has 0 fully saturated rings. The van der Waals surface area contributed by atoms with Crippen LogP contribution in [0, 0.1) is 0 Å². The highest BCUT2D eigenvalue weighted by molar-refractivity contribution is 9.10. The van der Waals surface area contributed by atoms with Crippen LogP contribution in [0.2, 0.25) is 0 Å². The number of amides is 1. The molecule has 2 aromatic carbocycles. The molecule has 2 aromatic rings. The average Bonchev–Trinajstić information content (AvgIpc) is 2.55. The molecular weight excluding hydrogens is 358 g/mol. The number of benzene rings is 2. The van der Waals surface area contributed by atoms with Crippen LogP contribution in [-0.4, -0.2) is 18.5 Å². The first-order valence-electron chi connectivity index (χ1n) is 7.35. The molecule has 0 aliphatic heterocycles. The summed E-state index contributed by atoms with van der Waals surface area (Å²) in [5.41, 5.74) is 2.68. The maximum absolute atomic E-state index is 11.8. The van der Waals surface area contributed by atoms with Gasteiger partial charge in [0.15, 0.2) is 6.61 Å². The minimum absolute atomic E-state index is 0.145. The van der Waals surface area contributed by atoms with E-state index >= 15 is 0 Å². The van der Waals surface area contributed by atoms with Gasteiger partial charge in [-0.1, -0.05) is 47.1 Å². The van der Waals surface area contributed by atoms with Crippen LogP contribution in [0.5, 0.6) is 0 Å². The molecule has 0 spiro atoms. The van der Waals surface area contributed by atoms with E-state index in [2.05, 4.69) is 21.2 Å². The molecule has 0 aliphatic rings. The van der Waals surface area contributed by atoms with Gasteiger partial charge in [0.2, 0.25) is 0 Å². The summed E-state index contributed by atoms with van der Waals surface area (Å²) in [5, 5.41) is 2.72. The Kier molecular flexibility index (Phi) is 6.35. The number of ether oxygens (including phenoxy) is 1. The van der Waals surface area contributed by atoms with Crippen molar-refractivity contribution in [3.05, 3.63) is 64.1 Å².